The topological polar surface area (TPSA) is 32.6 Å². The molecular formula is C13H19NO. The first-order valence-electron chi connectivity index (χ1n) is 5.13. The average Bonchev–Trinajstić information content (AvgIpc) is 2.15. The summed E-state index contributed by atoms with van der Waals surface area (Å²) in [5.41, 5.74) is 3.48. The number of aliphatic imine (C=N–C) groups is 1. The van der Waals surface area contributed by atoms with E-state index < -0.39 is 5.60 Å². The quantitative estimate of drug-likeness (QED) is 0.740. The Kier molecular flexibility index (Phi) is 3.30. The lowest BCUT2D eigenvalue weighted by Crippen LogP contribution is -2.16. The zero-order valence-electron chi connectivity index (χ0n) is 10.1. The van der Waals surface area contributed by atoms with E-state index in [4.69, 9.17) is 0 Å². The van der Waals surface area contributed by atoms with Crippen molar-refractivity contribution >= 4 is 5.71 Å². The van der Waals surface area contributed by atoms with E-state index in [-0.39, 0.29) is 0 Å². The van der Waals surface area contributed by atoms with Crippen LogP contribution < -0.4 is 0 Å². The molecule has 1 N–H and O–H groups in total. The predicted molar refractivity (Wildman–Crippen MR) is 64.6 cm³/mol. The maximum atomic E-state index is 9.87. The largest absolute Gasteiger partial charge is 0.386 e. The molecule has 1 rings (SSSR count). The van der Waals surface area contributed by atoms with Gasteiger partial charge in [0.2, 0.25) is 0 Å². The van der Waals surface area contributed by atoms with Crippen molar-refractivity contribution in [2.45, 2.75) is 33.3 Å². The molecule has 0 spiro atoms. The van der Waals surface area contributed by atoms with Crippen LogP contribution in [0.5, 0.6) is 0 Å². The van der Waals surface area contributed by atoms with E-state index in [0.717, 1.165) is 22.4 Å². The van der Waals surface area contributed by atoms with Crippen molar-refractivity contribution in [3.05, 3.63) is 34.9 Å². The van der Waals surface area contributed by atoms with Crippen LogP contribution in [0.3, 0.4) is 0 Å². The molecule has 0 unspecified atom stereocenters. The van der Waals surface area contributed by atoms with Gasteiger partial charge in [0.25, 0.3) is 0 Å². The minimum absolute atomic E-state index is 0.777. The standard InChI is InChI=1S/C13H19NO/c1-9-8-11(13(3,4)15)6-7-12(9)10(2)14-5/h6-8,15H,1-5H3. The van der Waals surface area contributed by atoms with Crippen molar-refractivity contribution in [3.8, 4) is 0 Å². The third-order valence-electron chi connectivity index (χ3n) is 2.66. The molecule has 0 aliphatic heterocycles. The Hall–Kier alpha value is -1.15. The number of rotatable bonds is 2. The Labute approximate surface area is 91.7 Å². The highest BCUT2D eigenvalue weighted by Gasteiger charge is 2.16. The van der Waals surface area contributed by atoms with Crippen LogP contribution in [0.15, 0.2) is 23.2 Å². The third-order valence-corrected chi connectivity index (χ3v) is 2.66. The summed E-state index contributed by atoms with van der Waals surface area (Å²) in [6, 6.07) is 5.99. The molecule has 0 bridgehead atoms. The summed E-state index contributed by atoms with van der Waals surface area (Å²) in [6.07, 6.45) is 0. The van der Waals surface area contributed by atoms with Crippen LogP contribution in [0.1, 0.15) is 37.5 Å². The highest BCUT2D eigenvalue weighted by Crippen LogP contribution is 2.22. The summed E-state index contributed by atoms with van der Waals surface area (Å²) in [6.45, 7) is 7.62. The van der Waals surface area contributed by atoms with Crippen molar-refractivity contribution < 1.29 is 5.11 Å². The summed E-state index contributed by atoms with van der Waals surface area (Å²) in [5, 5.41) is 9.87. The van der Waals surface area contributed by atoms with Crippen molar-refractivity contribution in [2.75, 3.05) is 7.05 Å². The van der Waals surface area contributed by atoms with Gasteiger partial charge in [0.05, 0.1) is 5.60 Å². The Bertz CT molecular complexity index is 386. The van der Waals surface area contributed by atoms with Crippen LogP contribution in [0, 0.1) is 6.92 Å². The van der Waals surface area contributed by atoms with Crippen LogP contribution in [-0.4, -0.2) is 17.9 Å². The molecule has 0 amide bonds. The van der Waals surface area contributed by atoms with Gasteiger partial charge in [-0.05, 0) is 44.4 Å². The number of hydrogen-bond donors (Lipinski definition) is 1. The maximum absolute atomic E-state index is 9.87. The lowest BCUT2D eigenvalue weighted by molar-refractivity contribution is 0.0785. The van der Waals surface area contributed by atoms with Gasteiger partial charge in [-0.3, -0.25) is 4.99 Å². The second kappa shape index (κ2) is 4.15. The monoisotopic (exact) mass is 205 g/mol. The first-order chi connectivity index (χ1) is 6.86. The summed E-state index contributed by atoms with van der Waals surface area (Å²) >= 11 is 0. The van der Waals surface area contributed by atoms with Gasteiger partial charge in [-0.25, -0.2) is 0 Å². The van der Waals surface area contributed by atoms with Gasteiger partial charge >= 0.3 is 0 Å². The van der Waals surface area contributed by atoms with E-state index in [2.05, 4.69) is 4.99 Å². The molecule has 0 aliphatic rings. The van der Waals surface area contributed by atoms with Crippen LogP contribution >= 0.6 is 0 Å². The second-order valence-electron chi connectivity index (χ2n) is 4.40. The molecule has 1 aromatic rings. The molecule has 82 valence electrons. The number of aliphatic hydroxyl groups is 1. The molecule has 2 heteroatoms. The summed E-state index contributed by atoms with van der Waals surface area (Å²) in [5.74, 6) is 0. The molecule has 0 fully saturated rings. The van der Waals surface area contributed by atoms with Gasteiger partial charge in [-0.2, -0.15) is 0 Å². The Balaban J connectivity index is 3.21. The third kappa shape index (κ3) is 2.66. The fourth-order valence-corrected chi connectivity index (χ4v) is 1.57. The highest BCUT2D eigenvalue weighted by molar-refractivity contribution is 5.99. The molecule has 0 aromatic heterocycles. The van der Waals surface area contributed by atoms with Crippen LogP contribution in [-0.2, 0) is 5.60 Å². The highest BCUT2D eigenvalue weighted by atomic mass is 16.3. The number of aryl methyl sites for hydroxylation is 1. The lowest BCUT2D eigenvalue weighted by Gasteiger charge is -2.19. The first-order valence-corrected chi connectivity index (χ1v) is 5.13. The minimum atomic E-state index is -0.777. The zero-order chi connectivity index (χ0) is 11.6. The molecule has 0 radical (unpaired) electrons. The van der Waals surface area contributed by atoms with Gasteiger partial charge in [-0.1, -0.05) is 18.2 Å². The SMILES string of the molecule is CN=C(C)c1ccc(C(C)(C)O)cc1C. The number of benzene rings is 1. The number of hydrogen-bond acceptors (Lipinski definition) is 2. The maximum Gasteiger partial charge on any atom is 0.0840 e. The number of nitrogens with zero attached hydrogens (tertiary/aromatic N) is 1. The molecule has 0 atom stereocenters. The predicted octanol–water partition coefficient (Wildman–Crippen LogP) is 2.66. The van der Waals surface area contributed by atoms with E-state index in [9.17, 15) is 5.11 Å². The van der Waals surface area contributed by atoms with E-state index in [1.807, 2.05) is 32.0 Å². The van der Waals surface area contributed by atoms with Gasteiger partial charge in [0.15, 0.2) is 0 Å². The molecule has 0 saturated carbocycles. The smallest absolute Gasteiger partial charge is 0.0840 e. The average molecular weight is 205 g/mol. The summed E-state index contributed by atoms with van der Waals surface area (Å²) in [7, 11) is 1.79. The molecule has 0 aliphatic carbocycles. The van der Waals surface area contributed by atoms with E-state index in [1.165, 1.54) is 0 Å². The Morgan fingerprint density at radius 2 is 1.93 bits per heavy atom. The molecular weight excluding hydrogens is 186 g/mol. The van der Waals surface area contributed by atoms with Crippen LogP contribution in [0.2, 0.25) is 0 Å². The molecule has 15 heavy (non-hydrogen) atoms. The Morgan fingerprint density at radius 3 is 2.33 bits per heavy atom. The van der Waals surface area contributed by atoms with Crippen LogP contribution in [0.25, 0.3) is 0 Å². The molecule has 0 heterocycles. The van der Waals surface area contributed by atoms with E-state index in [1.54, 1.807) is 20.9 Å². The molecule has 1 aromatic carbocycles. The van der Waals surface area contributed by atoms with Crippen LogP contribution in [0.4, 0.5) is 0 Å². The van der Waals surface area contributed by atoms with Crippen molar-refractivity contribution in [2.24, 2.45) is 4.99 Å². The van der Waals surface area contributed by atoms with E-state index in [0.29, 0.717) is 0 Å². The van der Waals surface area contributed by atoms with Gasteiger partial charge in [-0.15, -0.1) is 0 Å². The summed E-state index contributed by atoms with van der Waals surface area (Å²) in [4.78, 5) is 4.17. The van der Waals surface area contributed by atoms with Crippen molar-refractivity contribution in [3.63, 3.8) is 0 Å². The summed E-state index contributed by atoms with van der Waals surface area (Å²) < 4.78 is 0. The fraction of sp³-hybridized carbons (Fsp3) is 0.462. The normalized spacial score (nSPS) is 13.1. The van der Waals surface area contributed by atoms with Gasteiger partial charge in [0, 0.05) is 12.8 Å². The van der Waals surface area contributed by atoms with Gasteiger partial charge < -0.3 is 5.11 Å². The second-order valence-corrected chi connectivity index (χ2v) is 4.40. The fourth-order valence-electron chi connectivity index (χ4n) is 1.57. The van der Waals surface area contributed by atoms with Crippen molar-refractivity contribution in [1.82, 2.24) is 0 Å². The molecule has 0 saturated heterocycles. The lowest BCUT2D eigenvalue weighted by atomic mass is 9.93. The van der Waals surface area contributed by atoms with Gasteiger partial charge in [0.1, 0.15) is 0 Å². The molecule has 2 nitrogen and oxygen atoms in total. The van der Waals surface area contributed by atoms with E-state index >= 15 is 0 Å². The minimum Gasteiger partial charge on any atom is -0.386 e. The van der Waals surface area contributed by atoms with Crippen molar-refractivity contribution in [1.29, 1.82) is 0 Å². The first kappa shape index (κ1) is 11.9. The zero-order valence-corrected chi connectivity index (χ0v) is 10.1. The Morgan fingerprint density at radius 1 is 1.33 bits per heavy atom.